The second-order valence-electron chi connectivity index (χ2n) is 6.13. The molecule has 0 bridgehead atoms. The summed E-state index contributed by atoms with van der Waals surface area (Å²) in [5, 5.41) is 7.33. The Labute approximate surface area is 150 Å². The first-order valence-corrected chi connectivity index (χ1v) is 8.78. The molecule has 4 heteroatoms. The number of hydrogen-bond donors (Lipinski definition) is 2. The molecule has 0 aliphatic carbocycles. The molecular weight excluding hydrogens is 316 g/mol. The van der Waals surface area contributed by atoms with E-state index in [0.717, 1.165) is 11.4 Å². The van der Waals surface area contributed by atoms with Crippen molar-refractivity contribution in [1.29, 1.82) is 0 Å². The average molecular weight is 343 g/mol. The van der Waals surface area contributed by atoms with Crippen molar-refractivity contribution in [2.45, 2.75) is 33.7 Å². The van der Waals surface area contributed by atoms with Crippen LogP contribution in [0.5, 0.6) is 5.75 Å². The Bertz CT molecular complexity index is 668. The van der Waals surface area contributed by atoms with Gasteiger partial charge in [-0.1, -0.05) is 38.1 Å². The number of rotatable bonds is 6. The molecule has 0 aromatic heterocycles. The molecular formula is C20H26N2OS. The van der Waals surface area contributed by atoms with Crippen molar-refractivity contribution in [2.75, 3.05) is 11.9 Å². The molecule has 0 heterocycles. The molecule has 128 valence electrons. The molecule has 0 radical (unpaired) electrons. The zero-order chi connectivity index (χ0) is 17.5. The molecule has 3 nitrogen and oxygen atoms in total. The van der Waals surface area contributed by atoms with E-state index in [1.807, 2.05) is 31.2 Å². The van der Waals surface area contributed by atoms with Crippen LogP contribution in [-0.2, 0) is 0 Å². The lowest BCUT2D eigenvalue weighted by Gasteiger charge is -2.26. The maximum atomic E-state index is 5.51. The van der Waals surface area contributed by atoms with Crippen molar-refractivity contribution < 1.29 is 4.74 Å². The lowest BCUT2D eigenvalue weighted by molar-refractivity contribution is 0.340. The molecule has 0 saturated carbocycles. The third-order valence-corrected chi connectivity index (χ3v) is 4.12. The minimum Gasteiger partial charge on any atom is -0.494 e. The van der Waals surface area contributed by atoms with Crippen molar-refractivity contribution in [2.24, 2.45) is 5.92 Å². The zero-order valence-corrected chi connectivity index (χ0v) is 15.6. The number of nitrogens with one attached hydrogen (secondary N) is 2. The first-order valence-electron chi connectivity index (χ1n) is 8.37. The fraction of sp³-hybridized carbons (Fsp3) is 0.350. The predicted molar refractivity (Wildman–Crippen MR) is 106 cm³/mol. The number of benzene rings is 2. The number of anilines is 1. The molecule has 1 atom stereocenters. The summed E-state index contributed by atoms with van der Waals surface area (Å²) in [5.74, 6) is 1.29. The summed E-state index contributed by atoms with van der Waals surface area (Å²) in [7, 11) is 0. The summed E-state index contributed by atoms with van der Waals surface area (Å²) in [6, 6.07) is 16.4. The second kappa shape index (κ2) is 8.69. The number of ether oxygens (including phenoxy) is 1. The quantitative estimate of drug-likeness (QED) is 0.718. The zero-order valence-electron chi connectivity index (χ0n) is 14.8. The van der Waals surface area contributed by atoms with E-state index in [1.54, 1.807) is 0 Å². The fourth-order valence-electron chi connectivity index (χ4n) is 2.65. The number of aryl methyl sites for hydroxylation is 1. The Hall–Kier alpha value is -2.07. The first-order chi connectivity index (χ1) is 11.5. The SMILES string of the molecule is CCOc1ccc(NC(=S)N[C@H](c2ccccc2C)C(C)C)cc1. The molecule has 0 spiro atoms. The topological polar surface area (TPSA) is 33.3 Å². The van der Waals surface area contributed by atoms with Gasteiger partial charge < -0.3 is 15.4 Å². The minimum atomic E-state index is 0.175. The van der Waals surface area contributed by atoms with Crippen molar-refractivity contribution >= 4 is 23.0 Å². The smallest absolute Gasteiger partial charge is 0.171 e. The lowest BCUT2D eigenvalue weighted by Crippen LogP contribution is -2.35. The van der Waals surface area contributed by atoms with Crippen molar-refractivity contribution in [3.63, 3.8) is 0 Å². The van der Waals surface area contributed by atoms with E-state index in [4.69, 9.17) is 17.0 Å². The predicted octanol–water partition coefficient (Wildman–Crippen LogP) is 5.08. The summed E-state index contributed by atoms with van der Waals surface area (Å²) in [6.45, 7) is 9.17. The van der Waals surface area contributed by atoms with Gasteiger partial charge in [0.15, 0.2) is 5.11 Å². The van der Waals surface area contributed by atoms with Gasteiger partial charge in [0.2, 0.25) is 0 Å². The van der Waals surface area contributed by atoms with Gasteiger partial charge in [-0.25, -0.2) is 0 Å². The van der Waals surface area contributed by atoms with E-state index in [-0.39, 0.29) is 6.04 Å². The van der Waals surface area contributed by atoms with E-state index >= 15 is 0 Å². The number of hydrogen-bond acceptors (Lipinski definition) is 2. The Morgan fingerprint density at radius 3 is 2.33 bits per heavy atom. The van der Waals surface area contributed by atoms with Gasteiger partial charge in [0.05, 0.1) is 12.6 Å². The molecule has 0 saturated heterocycles. The van der Waals surface area contributed by atoms with Crippen LogP contribution < -0.4 is 15.4 Å². The third-order valence-electron chi connectivity index (χ3n) is 3.90. The van der Waals surface area contributed by atoms with Gasteiger partial charge in [-0.2, -0.15) is 0 Å². The van der Waals surface area contributed by atoms with Gasteiger partial charge in [0.25, 0.3) is 0 Å². The van der Waals surface area contributed by atoms with Gasteiger partial charge in [0.1, 0.15) is 5.75 Å². The summed E-state index contributed by atoms with van der Waals surface area (Å²) in [5.41, 5.74) is 3.50. The van der Waals surface area contributed by atoms with Crippen LogP contribution in [0.4, 0.5) is 5.69 Å². The highest BCUT2D eigenvalue weighted by atomic mass is 32.1. The van der Waals surface area contributed by atoms with Crippen LogP contribution >= 0.6 is 12.2 Å². The van der Waals surface area contributed by atoms with Crippen LogP contribution in [0.3, 0.4) is 0 Å². The fourth-order valence-corrected chi connectivity index (χ4v) is 2.89. The summed E-state index contributed by atoms with van der Waals surface area (Å²) >= 11 is 5.51. The monoisotopic (exact) mass is 342 g/mol. The molecule has 0 amide bonds. The molecule has 2 aromatic rings. The van der Waals surface area contributed by atoms with Crippen molar-refractivity contribution in [3.8, 4) is 5.75 Å². The van der Waals surface area contributed by atoms with E-state index in [2.05, 4.69) is 55.7 Å². The van der Waals surface area contributed by atoms with Gasteiger partial charge in [-0.05, 0) is 67.4 Å². The van der Waals surface area contributed by atoms with Crippen molar-refractivity contribution in [3.05, 3.63) is 59.7 Å². The summed E-state index contributed by atoms with van der Waals surface area (Å²) < 4.78 is 5.46. The van der Waals surface area contributed by atoms with E-state index in [1.165, 1.54) is 11.1 Å². The van der Waals surface area contributed by atoms with Crippen LogP contribution in [-0.4, -0.2) is 11.7 Å². The molecule has 24 heavy (non-hydrogen) atoms. The minimum absolute atomic E-state index is 0.175. The summed E-state index contributed by atoms with van der Waals surface area (Å²) in [4.78, 5) is 0. The van der Waals surface area contributed by atoms with Gasteiger partial charge in [0, 0.05) is 5.69 Å². The molecule has 0 aliphatic rings. The largest absolute Gasteiger partial charge is 0.494 e. The summed E-state index contributed by atoms with van der Waals surface area (Å²) in [6.07, 6.45) is 0. The van der Waals surface area contributed by atoms with E-state index in [9.17, 15) is 0 Å². The van der Waals surface area contributed by atoms with Gasteiger partial charge in [-0.15, -0.1) is 0 Å². The highest BCUT2D eigenvalue weighted by Crippen LogP contribution is 2.25. The van der Waals surface area contributed by atoms with Crippen LogP contribution in [0.25, 0.3) is 0 Å². The highest BCUT2D eigenvalue weighted by molar-refractivity contribution is 7.80. The Morgan fingerprint density at radius 1 is 1.08 bits per heavy atom. The van der Waals surface area contributed by atoms with Crippen LogP contribution in [0.2, 0.25) is 0 Å². The van der Waals surface area contributed by atoms with Crippen LogP contribution in [0.1, 0.15) is 37.9 Å². The molecule has 2 N–H and O–H groups in total. The second-order valence-corrected chi connectivity index (χ2v) is 6.54. The lowest BCUT2D eigenvalue weighted by atomic mass is 9.93. The normalized spacial score (nSPS) is 11.9. The Morgan fingerprint density at radius 2 is 1.75 bits per heavy atom. The molecule has 0 fully saturated rings. The van der Waals surface area contributed by atoms with Crippen LogP contribution in [0.15, 0.2) is 48.5 Å². The molecule has 2 rings (SSSR count). The first kappa shape index (κ1) is 18.3. The van der Waals surface area contributed by atoms with Crippen LogP contribution in [0, 0.1) is 12.8 Å². The van der Waals surface area contributed by atoms with E-state index < -0.39 is 0 Å². The van der Waals surface area contributed by atoms with Crippen molar-refractivity contribution in [1.82, 2.24) is 5.32 Å². The standard InChI is InChI=1S/C20H26N2OS/c1-5-23-17-12-10-16(11-13-17)21-20(24)22-19(14(2)3)18-9-7-6-8-15(18)4/h6-14,19H,5H2,1-4H3,(H2,21,22,24)/t19-/m0/s1. The van der Waals surface area contributed by atoms with Gasteiger partial charge >= 0.3 is 0 Å². The third kappa shape index (κ3) is 4.96. The maximum Gasteiger partial charge on any atom is 0.171 e. The van der Waals surface area contributed by atoms with Gasteiger partial charge in [-0.3, -0.25) is 0 Å². The molecule has 0 aliphatic heterocycles. The Balaban J connectivity index is 2.04. The highest BCUT2D eigenvalue weighted by Gasteiger charge is 2.18. The average Bonchev–Trinajstić information content (AvgIpc) is 2.55. The maximum absolute atomic E-state index is 5.51. The molecule has 0 unspecified atom stereocenters. The Kier molecular flexibility index (Phi) is 6.62. The molecule has 2 aromatic carbocycles. The number of thiocarbonyl (C=S) groups is 1. The van der Waals surface area contributed by atoms with E-state index in [0.29, 0.717) is 17.6 Å².